The van der Waals surface area contributed by atoms with Crippen molar-refractivity contribution in [3.8, 4) is 16.6 Å². The van der Waals surface area contributed by atoms with Gasteiger partial charge in [-0.25, -0.2) is 36.9 Å². The third-order valence-corrected chi connectivity index (χ3v) is 14.1. The lowest BCUT2D eigenvalue weighted by molar-refractivity contribution is -0.141. The third-order valence-electron chi connectivity index (χ3n) is 11.3. The average Bonchev–Trinajstić information content (AvgIpc) is 4.06. The van der Waals surface area contributed by atoms with E-state index in [-0.39, 0.29) is 38.1 Å². The number of nitrogens with one attached hydrogen (secondary N) is 3. The normalized spacial score (nSPS) is 26.2. The summed E-state index contributed by atoms with van der Waals surface area (Å²) in [6.07, 6.45) is -1.95. The number of ether oxygens (including phenoxy) is 2. The van der Waals surface area contributed by atoms with E-state index in [9.17, 15) is 27.6 Å². The van der Waals surface area contributed by atoms with Crippen molar-refractivity contribution in [2.75, 3.05) is 6.54 Å². The second-order valence-corrected chi connectivity index (χ2v) is 20.2. The van der Waals surface area contributed by atoms with Gasteiger partial charge in [0, 0.05) is 19.3 Å². The quantitative estimate of drug-likeness (QED) is 0.208. The van der Waals surface area contributed by atoms with E-state index in [2.05, 4.69) is 15.4 Å². The van der Waals surface area contributed by atoms with Crippen LogP contribution in [-0.2, 0) is 29.1 Å². The first-order chi connectivity index (χ1) is 28.4. The van der Waals surface area contributed by atoms with Crippen LogP contribution in [0.15, 0.2) is 48.5 Å². The molecule has 8 rings (SSSR count). The Balaban J connectivity index is 1.14. The average molecular weight is 868 g/mol. The summed E-state index contributed by atoms with van der Waals surface area (Å²) in [5, 5.41) is 5.03. The van der Waals surface area contributed by atoms with Crippen LogP contribution in [0.5, 0.6) is 5.88 Å². The summed E-state index contributed by atoms with van der Waals surface area (Å²) in [4.78, 5) is 71.8. The van der Waals surface area contributed by atoms with Gasteiger partial charge in [0.05, 0.1) is 33.0 Å². The van der Waals surface area contributed by atoms with E-state index in [4.69, 9.17) is 24.4 Å². The monoisotopic (exact) mass is 867 g/mol. The molecule has 4 heterocycles. The van der Waals surface area contributed by atoms with Crippen molar-refractivity contribution >= 4 is 66.4 Å². The van der Waals surface area contributed by atoms with E-state index >= 15 is 8.78 Å². The number of sulfonamides is 1. The minimum absolute atomic E-state index is 0.0614. The van der Waals surface area contributed by atoms with Gasteiger partial charge in [0.1, 0.15) is 34.3 Å². The molecule has 0 spiro atoms. The fourth-order valence-electron chi connectivity index (χ4n) is 8.04. The Kier molecular flexibility index (Phi) is 11.0. The van der Waals surface area contributed by atoms with E-state index in [1.807, 2.05) is 30.3 Å². The lowest BCUT2D eigenvalue weighted by Crippen LogP contribution is -2.58. The fraction of sp³-hybridized carbons (Fsp3) is 0.537. The summed E-state index contributed by atoms with van der Waals surface area (Å²) in [6, 6.07) is 12.2. The molecule has 2 aromatic carbocycles. The van der Waals surface area contributed by atoms with Crippen molar-refractivity contribution in [2.24, 2.45) is 5.92 Å². The van der Waals surface area contributed by atoms with Crippen molar-refractivity contribution in [3.05, 3.63) is 48.5 Å². The van der Waals surface area contributed by atoms with Crippen LogP contribution in [0.25, 0.3) is 32.0 Å². The first kappa shape index (κ1) is 41.7. The van der Waals surface area contributed by atoms with Crippen LogP contribution < -0.4 is 20.1 Å². The van der Waals surface area contributed by atoms with Crippen LogP contribution in [0.2, 0.25) is 0 Å². The highest BCUT2D eigenvalue weighted by molar-refractivity contribution is 7.91. The summed E-state index contributed by atoms with van der Waals surface area (Å²) in [6.45, 7) is 4.82. The number of alkyl carbamates (subject to hydrolysis) is 1. The maximum atomic E-state index is 15.5. The number of hydrogen-bond donors (Lipinski definition) is 3. The Morgan fingerprint density at radius 2 is 1.63 bits per heavy atom. The second kappa shape index (κ2) is 15.8. The van der Waals surface area contributed by atoms with Gasteiger partial charge in [0.15, 0.2) is 5.69 Å². The highest BCUT2D eigenvalue weighted by atomic mass is 32.2. The maximum Gasteiger partial charge on any atom is 0.408 e. The molecule has 2 aromatic heterocycles. The molecule has 4 amide bonds. The molecule has 0 radical (unpaired) electrons. The molecule has 5 unspecified atom stereocenters. The smallest absolute Gasteiger partial charge is 0.408 e. The van der Waals surface area contributed by atoms with Gasteiger partial charge < -0.3 is 25.0 Å². The number of aromatic nitrogens is 3. The molecule has 2 aliphatic heterocycles. The Morgan fingerprint density at radius 3 is 2.33 bits per heavy atom. The van der Waals surface area contributed by atoms with Crippen molar-refractivity contribution in [1.82, 2.24) is 35.2 Å². The lowest BCUT2D eigenvalue weighted by Gasteiger charge is -2.30. The molecule has 0 bridgehead atoms. The predicted molar refractivity (Wildman–Crippen MR) is 218 cm³/mol. The number of halogens is 2. The molecule has 2 aliphatic carbocycles. The third kappa shape index (κ3) is 9.01. The van der Waals surface area contributed by atoms with Crippen LogP contribution >= 0.6 is 11.3 Å². The number of amides is 4. The number of alkyl halides is 2. The van der Waals surface area contributed by atoms with E-state index in [0.29, 0.717) is 47.4 Å². The largest absolute Gasteiger partial charge is 0.471 e. The van der Waals surface area contributed by atoms with Crippen LogP contribution in [0.3, 0.4) is 0 Å². The molecule has 320 valence electrons. The van der Waals surface area contributed by atoms with Crippen LogP contribution in [0.1, 0.15) is 85.0 Å². The second-order valence-electron chi connectivity index (χ2n) is 17.2. The van der Waals surface area contributed by atoms with Gasteiger partial charge in [-0.2, -0.15) is 0 Å². The number of nitrogens with zero attached hydrogens (tertiary/aromatic N) is 4. The van der Waals surface area contributed by atoms with Gasteiger partial charge >= 0.3 is 6.09 Å². The number of carbonyl (C=O) groups excluding carboxylic acids is 4. The first-order valence-corrected chi connectivity index (χ1v) is 22.6. The minimum atomic E-state index is -4.10. The summed E-state index contributed by atoms with van der Waals surface area (Å²) in [7, 11) is -4.10. The molecule has 15 nitrogen and oxygen atoms in total. The van der Waals surface area contributed by atoms with Crippen molar-refractivity contribution in [2.45, 2.75) is 125 Å². The molecule has 2 saturated heterocycles. The van der Waals surface area contributed by atoms with Gasteiger partial charge in [-0.1, -0.05) is 37.1 Å². The van der Waals surface area contributed by atoms with E-state index in [1.165, 1.54) is 16.2 Å². The summed E-state index contributed by atoms with van der Waals surface area (Å²) < 4.78 is 71.7. The highest BCUT2D eigenvalue weighted by Crippen LogP contribution is 2.51. The number of thiazole rings is 1. The van der Waals surface area contributed by atoms with Gasteiger partial charge in [-0.3, -0.25) is 19.1 Å². The number of para-hydroxylation sites is 3. The highest BCUT2D eigenvalue weighted by Gasteiger charge is 2.65. The van der Waals surface area contributed by atoms with Gasteiger partial charge in [-0.15, -0.1) is 11.3 Å². The minimum Gasteiger partial charge on any atom is -0.471 e. The fourth-order valence-corrected chi connectivity index (χ4v) is 10.4. The standard InChI is InChI=1S/C41H47F2N7O8S2/c1-39(2,3)58-38(54)47-29-14-5-4-10-18-40(42,43)20-23-21-41(23,37(53)49-60(55,56)25-16-17-25)48-33(51)30-19-24(22-50(30)36(29)52)57-34-32(44-26-11-6-7-12-27(26)45-34)35-46-28-13-8-9-15-31(28)59-35/h6-9,11-13,15,23-25,29-30H,4-5,10,14,16-22H2,1-3H3,(H,47,54)(H,48,51)(H,49,53). The van der Waals surface area contributed by atoms with E-state index < -0.39 is 93.1 Å². The molecular formula is C41H47F2N7O8S2. The topological polar surface area (TPSA) is 199 Å². The number of rotatable bonds is 7. The van der Waals surface area contributed by atoms with Crippen molar-refractivity contribution < 1.29 is 45.9 Å². The first-order valence-electron chi connectivity index (χ1n) is 20.2. The molecule has 19 heteroatoms. The van der Waals surface area contributed by atoms with Gasteiger partial charge in [-0.05, 0) is 83.1 Å². The van der Waals surface area contributed by atoms with Crippen LogP contribution in [-0.4, -0.2) is 99.1 Å². The Hall–Kier alpha value is -5.04. The zero-order valence-corrected chi connectivity index (χ0v) is 35.0. The lowest BCUT2D eigenvalue weighted by atomic mass is 10.00. The summed E-state index contributed by atoms with van der Waals surface area (Å²) in [5.74, 6) is -6.79. The van der Waals surface area contributed by atoms with E-state index in [1.54, 1.807) is 39.0 Å². The SMILES string of the molecule is CC(C)(C)OC(=O)NC1CCCCCC(F)(F)CC2CC2(C(=O)NS(=O)(=O)C2CC2)NC(=O)C2CC(Oc3nc4ccccc4nc3-c3nc4ccccc4s3)CN2C1=O. The number of carbonyl (C=O) groups is 4. The molecule has 4 aromatic rings. The zero-order valence-electron chi connectivity index (χ0n) is 33.4. The zero-order chi connectivity index (χ0) is 42.6. The van der Waals surface area contributed by atoms with Gasteiger partial charge in [0.25, 0.3) is 5.91 Å². The maximum absolute atomic E-state index is 15.5. The molecule has 4 fully saturated rings. The van der Waals surface area contributed by atoms with Crippen LogP contribution in [0.4, 0.5) is 13.6 Å². The number of fused-ring (bicyclic) bond motifs is 4. The molecule has 2 saturated carbocycles. The molecule has 3 N–H and O–H groups in total. The summed E-state index contributed by atoms with van der Waals surface area (Å²) in [5.41, 5.74) is -0.678. The Morgan fingerprint density at radius 1 is 0.933 bits per heavy atom. The number of benzene rings is 2. The van der Waals surface area contributed by atoms with Gasteiger partial charge in [0.2, 0.25) is 33.6 Å². The number of hydrogen-bond acceptors (Lipinski definition) is 12. The Labute approximate surface area is 349 Å². The Bertz CT molecular complexity index is 2420. The van der Waals surface area contributed by atoms with Crippen molar-refractivity contribution in [1.29, 1.82) is 0 Å². The molecular weight excluding hydrogens is 821 g/mol. The van der Waals surface area contributed by atoms with Crippen molar-refractivity contribution in [3.63, 3.8) is 0 Å². The van der Waals surface area contributed by atoms with E-state index in [0.717, 1.165) is 10.2 Å². The molecule has 5 atom stereocenters. The summed E-state index contributed by atoms with van der Waals surface area (Å²) >= 11 is 1.39. The molecule has 4 aliphatic rings. The van der Waals surface area contributed by atoms with Crippen LogP contribution in [0, 0.1) is 5.92 Å². The molecule has 60 heavy (non-hydrogen) atoms. The predicted octanol–water partition coefficient (Wildman–Crippen LogP) is 5.62.